The molecule has 3 rings (SSSR count). The number of hydrogen-bond donors (Lipinski definition) is 1. The summed E-state index contributed by atoms with van der Waals surface area (Å²) in [5, 5.41) is 9.95. The Balaban J connectivity index is 1.82. The predicted molar refractivity (Wildman–Crippen MR) is 89.9 cm³/mol. The number of carbonyl (C=O) groups is 1. The Kier molecular flexibility index (Phi) is 4.36. The van der Waals surface area contributed by atoms with Crippen molar-refractivity contribution >= 4 is 34.0 Å². The third-order valence-electron chi connectivity index (χ3n) is 4.09. The first kappa shape index (κ1) is 15.3. The zero-order valence-electron chi connectivity index (χ0n) is 12.3. The smallest absolute Gasteiger partial charge is 0.306 e. The Morgan fingerprint density at radius 3 is 2.68 bits per heavy atom. The highest BCUT2D eigenvalue weighted by atomic mass is 35.5. The van der Waals surface area contributed by atoms with Gasteiger partial charge in [-0.05, 0) is 25.3 Å². The topological polar surface area (TPSA) is 53.4 Å². The van der Waals surface area contributed by atoms with Crippen molar-refractivity contribution in [2.75, 3.05) is 18.0 Å². The van der Waals surface area contributed by atoms with Gasteiger partial charge in [-0.1, -0.05) is 47.2 Å². The number of aromatic nitrogens is 1. The summed E-state index contributed by atoms with van der Waals surface area (Å²) >= 11 is 7.85. The summed E-state index contributed by atoms with van der Waals surface area (Å²) in [6.45, 7) is 3.48. The van der Waals surface area contributed by atoms with Crippen LogP contribution in [0.4, 0.5) is 5.13 Å². The zero-order chi connectivity index (χ0) is 15.7. The van der Waals surface area contributed by atoms with Crippen LogP contribution >= 0.6 is 22.9 Å². The molecule has 2 aromatic rings. The number of halogens is 1. The number of nitrogens with zero attached hydrogens (tertiary/aromatic N) is 2. The van der Waals surface area contributed by atoms with E-state index in [4.69, 9.17) is 21.7 Å². The minimum Gasteiger partial charge on any atom is -0.481 e. The second-order valence-electron chi connectivity index (χ2n) is 5.53. The molecule has 2 heterocycles. The van der Waals surface area contributed by atoms with Gasteiger partial charge in [-0.2, -0.15) is 0 Å². The molecule has 116 valence electrons. The van der Waals surface area contributed by atoms with Gasteiger partial charge in [0, 0.05) is 18.7 Å². The Morgan fingerprint density at radius 1 is 1.36 bits per heavy atom. The van der Waals surface area contributed by atoms with Gasteiger partial charge < -0.3 is 10.0 Å². The van der Waals surface area contributed by atoms with Crippen molar-refractivity contribution in [1.82, 2.24) is 4.98 Å². The van der Waals surface area contributed by atoms with Crippen LogP contribution < -0.4 is 4.90 Å². The van der Waals surface area contributed by atoms with E-state index in [1.807, 2.05) is 31.2 Å². The maximum absolute atomic E-state index is 11.0. The number of carboxylic acid groups (broad SMARTS) is 1. The number of piperidine rings is 1. The van der Waals surface area contributed by atoms with E-state index in [0.717, 1.165) is 22.0 Å². The Hall–Kier alpha value is -1.59. The summed E-state index contributed by atoms with van der Waals surface area (Å²) in [4.78, 5) is 17.9. The number of thiazole rings is 1. The molecule has 0 saturated carbocycles. The zero-order valence-corrected chi connectivity index (χ0v) is 13.8. The van der Waals surface area contributed by atoms with E-state index in [-0.39, 0.29) is 5.92 Å². The number of aryl methyl sites for hydroxylation is 1. The van der Waals surface area contributed by atoms with E-state index in [9.17, 15) is 4.79 Å². The fraction of sp³-hybridized carbons (Fsp3) is 0.375. The Morgan fingerprint density at radius 2 is 2.05 bits per heavy atom. The number of benzene rings is 1. The third-order valence-corrected chi connectivity index (χ3v) is 5.40. The van der Waals surface area contributed by atoms with Gasteiger partial charge in [-0.3, -0.25) is 4.79 Å². The van der Waals surface area contributed by atoms with Gasteiger partial charge in [-0.25, -0.2) is 4.98 Å². The molecule has 4 nitrogen and oxygen atoms in total. The molecule has 1 fully saturated rings. The molecule has 1 aromatic heterocycles. The highest BCUT2D eigenvalue weighted by Crippen LogP contribution is 2.39. The first-order valence-corrected chi connectivity index (χ1v) is 8.46. The Labute approximate surface area is 138 Å². The Bertz CT molecular complexity index is 693. The SMILES string of the molecule is Cc1ccccc1-c1nc(N2CCC(C(=O)O)CC2)sc1Cl. The van der Waals surface area contributed by atoms with Crippen LogP contribution in [0.1, 0.15) is 18.4 Å². The quantitative estimate of drug-likeness (QED) is 0.917. The number of rotatable bonds is 3. The van der Waals surface area contributed by atoms with Crippen molar-refractivity contribution in [3.05, 3.63) is 34.2 Å². The number of hydrogen-bond acceptors (Lipinski definition) is 4. The second kappa shape index (κ2) is 6.26. The lowest BCUT2D eigenvalue weighted by Gasteiger charge is -2.29. The highest BCUT2D eigenvalue weighted by Gasteiger charge is 2.26. The number of carboxylic acids is 1. The molecule has 0 aliphatic carbocycles. The molecule has 0 radical (unpaired) electrons. The number of anilines is 1. The van der Waals surface area contributed by atoms with Gasteiger partial charge >= 0.3 is 5.97 Å². The van der Waals surface area contributed by atoms with Crippen LogP contribution in [0.25, 0.3) is 11.3 Å². The van der Waals surface area contributed by atoms with Gasteiger partial charge in [0.25, 0.3) is 0 Å². The van der Waals surface area contributed by atoms with Crippen molar-refractivity contribution in [2.45, 2.75) is 19.8 Å². The normalized spacial score (nSPS) is 16.0. The van der Waals surface area contributed by atoms with Crippen molar-refractivity contribution in [3.8, 4) is 11.3 Å². The van der Waals surface area contributed by atoms with Crippen molar-refractivity contribution in [3.63, 3.8) is 0 Å². The van der Waals surface area contributed by atoms with E-state index in [1.165, 1.54) is 11.3 Å². The summed E-state index contributed by atoms with van der Waals surface area (Å²) in [5.74, 6) is -0.931. The van der Waals surface area contributed by atoms with E-state index >= 15 is 0 Å². The molecule has 1 aromatic carbocycles. The van der Waals surface area contributed by atoms with Gasteiger partial charge in [0.05, 0.1) is 5.92 Å². The highest BCUT2D eigenvalue weighted by molar-refractivity contribution is 7.20. The lowest BCUT2D eigenvalue weighted by Crippen LogP contribution is -2.36. The fourth-order valence-electron chi connectivity index (χ4n) is 2.75. The maximum Gasteiger partial charge on any atom is 0.306 e. The largest absolute Gasteiger partial charge is 0.481 e. The molecule has 1 N–H and O–H groups in total. The van der Waals surface area contributed by atoms with Crippen molar-refractivity contribution in [2.24, 2.45) is 5.92 Å². The van der Waals surface area contributed by atoms with Crippen molar-refractivity contribution in [1.29, 1.82) is 0 Å². The molecule has 22 heavy (non-hydrogen) atoms. The maximum atomic E-state index is 11.0. The summed E-state index contributed by atoms with van der Waals surface area (Å²) in [6.07, 6.45) is 1.32. The standard InChI is InChI=1S/C16H17ClN2O2S/c1-10-4-2-3-5-12(10)13-14(17)22-16(18-13)19-8-6-11(7-9-19)15(20)21/h2-5,11H,6-9H2,1H3,(H,20,21). The second-order valence-corrected chi connectivity index (χ2v) is 7.11. The monoisotopic (exact) mass is 336 g/mol. The van der Waals surface area contributed by atoms with Crippen LogP contribution in [0, 0.1) is 12.8 Å². The minimum atomic E-state index is -0.697. The molecule has 6 heteroatoms. The molecule has 0 unspecified atom stereocenters. The van der Waals surface area contributed by atoms with Crippen LogP contribution in [0.5, 0.6) is 0 Å². The van der Waals surface area contributed by atoms with E-state index in [2.05, 4.69) is 4.90 Å². The van der Waals surface area contributed by atoms with Gasteiger partial charge in [0.1, 0.15) is 10.0 Å². The average molecular weight is 337 g/mol. The van der Waals surface area contributed by atoms with Crippen LogP contribution in [0.3, 0.4) is 0 Å². The minimum absolute atomic E-state index is 0.234. The molecule has 0 spiro atoms. The lowest BCUT2D eigenvalue weighted by atomic mass is 9.97. The molecule has 1 aliphatic rings. The van der Waals surface area contributed by atoms with Crippen molar-refractivity contribution < 1.29 is 9.90 Å². The van der Waals surface area contributed by atoms with Gasteiger partial charge in [-0.15, -0.1) is 0 Å². The van der Waals surface area contributed by atoms with E-state index < -0.39 is 5.97 Å². The first-order chi connectivity index (χ1) is 10.6. The molecular formula is C16H17ClN2O2S. The summed E-state index contributed by atoms with van der Waals surface area (Å²) in [7, 11) is 0. The fourth-order valence-corrected chi connectivity index (χ4v) is 3.96. The number of aliphatic carboxylic acids is 1. The van der Waals surface area contributed by atoms with Crippen LogP contribution in [-0.4, -0.2) is 29.1 Å². The molecule has 1 saturated heterocycles. The summed E-state index contributed by atoms with van der Waals surface area (Å²) in [5.41, 5.74) is 3.02. The van der Waals surface area contributed by atoms with Gasteiger partial charge in [0.2, 0.25) is 0 Å². The molecule has 0 amide bonds. The molecule has 1 aliphatic heterocycles. The average Bonchev–Trinajstić information content (AvgIpc) is 2.90. The van der Waals surface area contributed by atoms with Crippen LogP contribution in [-0.2, 0) is 4.79 Å². The molecule has 0 bridgehead atoms. The van der Waals surface area contributed by atoms with E-state index in [0.29, 0.717) is 30.3 Å². The summed E-state index contributed by atoms with van der Waals surface area (Å²) < 4.78 is 0.685. The van der Waals surface area contributed by atoms with Gasteiger partial charge in [0.15, 0.2) is 5.13 Å². The predicted octanol–water partition coefficient (Wildman–Crippen LogP) is 4.07. The lowest BCUT2D eigenvalue weighted by molar-refractivity contribution is -0.142. The van der Waals surface area contributed by atoms with Crippen LogP contribution in [0.15, 0.2) is 24.3 Å². The third kappa shape index (κ3) is 2.96. The first-order valence-electron chi connectivity index (χ1n) is 7.26. The van der Waals surface area contributed by atoms with E-state index in [1.54, 1.807) is 0 Å². The molecule has 0 atom stereocenters. The summed E-state index contributed by atoms with van der Waals surface area (Å²) in [6, 6.07) is 8.05. The van der Waals surface area contributed by atoms with Crippen LogP contribution in [0.2, 0.25) is 4.34 Å². The molecular weight excluding hydrogens is 320 g/mol.